The lowest BCUT2D eigenvalue weighted by Gasteiger charge is -2.10. The number of rotatable bonds is 6. The van der Waals surface area contributed by atoms with Gasteiger partial charge in [-0.3, -0.25) is 0 Å². The minimum Gasteiger partial charge on any atom is -0.493 e. The highest BCUT2D eigenvalue weighted by Crippen LogP contribution is 2.29. The third kappa shape index (κ3) is 3.83. The van der Waals surface area contributed by atoms with E-state index in [-0.39, 0.29) is 10.8 Å². The maximum absolute atomic E-state index is 11.1. The second kappa shape index (κ2) is 7.05. The molecule has 0 aliphatic rings. The zero-order valence-electron chi connectivity index (χ0n) is 12.4. The molecular weight excluding hydrogens is 300 g/mol. The molecule has 0 aliphatic carbocycles. The molecule has 0 saturated heterocycles. The van der Waals surface area contributed by atoms with E-state index in [2.05, 4.69) is 11.1 Å². The van der Waals surface area contributed by atoms with Crippen LogP contribution in [0.5, 0.6) is 5.75 Å². The fraction of sp³-hybridized carbons (Fsp3) is 0.312. The lowest BCUT2D eigenvalue weighted by molar-refractivity contribution is 0.0701. The Labute approximate surface area is 132 Å². The highest BCUT2D eigenvalue weighted by Gasteiger charge is 2.15. The maximum Gasteiger partial charge on any atom is 0.347 e. The smallest absolute Gasteiger partial charge is 0.347 e. The Balaban J connectivity index is 2.07. The molecule has 6 heteroatoms. The summed E-state index contributed by atoms with van der Waals surface area (Å²) in [6, 6.07) is 9.48. The van der Waals surface area contributed by atoms with Crippen LogP contribution in [0, 0.1) is 24.2 Å². The van der Waals surface area contributed by atoms with Crippen LogP contribution in [0.4, 0.5) is 0 Å². The van der Waals surface area contributed by atoms with Crippen LogP contribution in [0.2, 0.25) is 0 Å². The van der Waals surface area contributed by atoms with Crippen molar-refractivity contribution in [2.45, 2.75) is 20.3 Å². The third-order valence-corrected chi connectivity index (χ3v) is 4.26. The van der Waals surface area contributed by atoms with Crippen LogP contribution in [0.15, 0.2) is 24.3 Å². The van der Waals surface area contributed by atoms with Gasteiger partial charge in [0, 0.05) is 17.9 Å². The molecule has 0 aliphatic heterocycles. The fourth-order valence-electron chi connectivity index (χ4n) is 1.87. The molecule has 114 valence electrons. The number of carboxylic acid groups (broad SMARTS) is 1. The number of nitriles is 1. The van der Waals surface area contributed by atoms with Crippen molar-refractivity contribution < 1.29 is 14.6 Å². The first-order valence-corrected chi connectivity index (χ1v) is 7.63. The Kier molecular flexibility index (Phi) is 5.12. The minimum atomic E-state index is -0.951. The van der Waals surface area contributed by atoms with Crippen LogP contribution in [0.25, 0.3) is 10.6 Å². The van der Waals surface area contributed by atoms with E-state index in [1.807, 2.05) is 31.2 Å². The number of ether oxygens (including phenoxy) is 1. The number of thiazole rings is 1. The summed E-state index contributed by atoms with van der Waals surface area (Å²) in [5.74, 6) is -0.0441. The van der Waals surface area contributed by atoms with Gasteiger partial charge in [0.05, 0.1) is 18.4 Å². The van der Waals surface area contributed by atoms with E-state index in [1.54, 1.807) is 6.92 Å². The van der Waals surface area contributed by atoms with E-state index in [0.717, 1.165) is 22.6 Å². The molecule has 2 aromatic rings. The van der Waals surface area contributed by atoms with E-state index in [4.69, 9.17) is 15.1 Å². The molecule has 1 unspecified atom stereocenters. The number of benzene rings is 1. The molecule has 0 bridgehead atoms. The standard InChI is InChI=1S/C16H16N2O3S/c1-10(7-8-17)9-21-13-5-3-12(4-6-13)15-18-11(2)14(22-15)16(19)20/h3-6,10H,7,9H2,1-2H3,(H,19,20). The summed E-state index contributed by atoms with van der Waals surface area (Å²) in [6.07, 6.45) is 0.467. The lowest BCUT2D eigenvalue weighted by atomic mass is 10.1. The number of carboxylic acids is 1. The van der Waals surface area contributed by atoms with Crippen molar-refractivity contribution in [2.75, 3.05) is 6.61 Å². The van der Waals surface area contributed by atoms with Crippen LogP contribution < -0.4 is 4.74 Å². The summed E-state index contributed by atoms with van der Waals surface area (Å²) < 4.78 is 5.62. The molecule has 0 spiro atoms. The van der Waals surface area contributed by atoms with Gasteiger partial charge in [0.15, 0.2) is 0 Å². The molecule has 22 heavy (non-hydrogen) atoms. The van der Waals surface area contributed by atoms with Crippen molar-refractivity contribution in [1.82, 2.24) is 4.98 Å². The van der Waals surface area contributed by atoms with Crippen molar-refractivity contribution in [1.29, 1.82) is 5.26 Å². The number of aromatic carboxylic acids is 1. The van der Waals surface area contributed by atoms with Crippen molar-refractivity contribution in [2.24, 2.45) is 5.92 Å². The molecule has 0 saturated carbocycles. The van der Waals surface area contributed by atoms with Crippen LogP contribution in [0.3, 0.4) is 0 Å². The first-order valence-electron chi connectivity index (χ1n) is 6.82. The molecule has 2 rings (SSSR count). The maximum atomic E-state index is 11.1. The summed E-state index contributed by atoms with van der Waals surface area (Å²) in [7, 11) is 0. The predicted octanol–water partition coefficient (Wildman–Crippen LogP) is 3.75. The monoisotopic (exact) mass is 316 g/mol. The topological polar surface area (TPSA) is 83.2 Å². The fourth-order valence-corrected chi connectivity index (χ4v) is 2.78. The predicted molar refractivity (Wildman–Crippen MR) is 84.1 cm³/mol. The third-order valence-electron chi connectivity index (χ3n) is 3.07. The Morgan fingerprint density at radius 2 is 2.14 bits per heavy atom. The van der Waals surface area contributed by atoms with Gasteiger partial charge < -0.3 is 9.84 Å². The number of carbonyl (C=O) groups is 1. The van der Waals surface area contributed by atoms with Gasteiger partial charge in [0.1, 0.15) is 15.6 Å². The number of nitrogens with zero attached hydrogens (tertiary/aromatic N) is 2. The molecule has 1 heterocycles. The molecule has 1 aromatic heterocycles. The zero-order valence-corrected chi connectivity index (χ0v) is 13.2. The van der Waals surface area contributed by atoms with Crippen LogP contribution in [0.1, 0.15) is 28.7 Å². The Morgan fingerprint density at radius 1 is 1.45 bits per heavy atom. The Hall–Kier alpha value is -2.39. The van der Waals surface area contributed by atoms with E-state index in [0.29, 0.717) is 23.7 Å². The molecule has 1 aromatic carbocycles. The number of aromatic nitrogens is 1. The van der Waals surface area contributed by atoms with Gasteiger partial charge in [0.25, 0.3) is 0 Å². The normalized spacial score (nSPS) is 11.7. The first kappa shape index (κ1) is 16.0. The quantitative estimate of drug-likeness (QED) is 0.877. The Morgan fingerprint density at radius 3 is 2.68 bits per heavy atom. The van der Waals surface area contributed by atoms with E-state index in [1.165, 1.54) is 0 Å². The second-order valence-electron chi connectivity index (χ2n) is 5.04. The summed E-state index contributed by atoms with van der Waals surface area (Å²) in [5.41, 5.74) is 1.39. The van der Waals surface area contributed by atoms with Gasteiger partial charge in [-0.2, -0.15) is 5.26 Å². The average molecular weight is 316 g/mol. The van der Waals surface area contributed by atoms with Gasteiger partial charge in [-0.25, -0.2) is 9.78 Å². The highest BCUT2D eigenvalue weighted by molar-refractivity contribution is 7.17. The van der Waals surface area contributed by atoms with Crippen molar-refractivity contribution in [3.8, 4) is 22.4 Å². The van der Waals surface area contributed by atoms with Crippen LogP contribution >= 0.6 is 11.3 Å². The molecule has 1 atom stereocenters. The second-order valence-corrected chi connectivity index (χ2v) is 6.04. The van der Waals surface area contributed by atoms with Crippen LogP contribution in [-0.2, 0) is 0 Å². The molecule has 0 amide bonds. The van der Waals surface area contributed by atoms with Crippen molar-refractivity contribution in [3.05, 3.63) is 34.8 Å². The van der Waals surface area contributed by atoms with Gasteiger partial charge >= 0.3 is 5.97 Å². The van der Waals surface area contributed by atoms with Gasteiger partial charge in [0.2, 0.25) is 0 Å². The molecular formula is C16H16N2O3S. The molecule has 5 nitrogen and oxygen atoms in total. The zero-order chi connectivity index (χ0) is 16.1. The van der Waals surface area contributed by atoms with E-state index < -0.39 is 5.97 Å². The summed E-state index contributed by atoms with van der Waals surface area (Å²) in [5, 5.41) is 18.3. The molecule has 0 radical (unpaired) electrons. The van der Waals surface area contributed by atoms with Gasteiger partial charge in [-0.15, -0.1) is 11.3 Å². The Bertz CT molecular complexity index is 701. The highest BCUT2D eigenvalue weighted by atomic mass is 32.1. The molecule has 1 N–H and O–H groups in total. The van der Waals surface area contributed by atoms with E-state index >= 15 is 0 Å². The minimum absolute atomic E-state index is 0.185. The summed E-state index contributed by atoms with van der Waals surface area (Å²) in [6.45, 7) is 4.15. The van der Waals surface area contributed by atoms with Gasteiger partial charge in [-0.05, 0) is 31.2 Å². The van der Waals surface area contributed by atoms with Crippen molar-refractivity contribution >= 4 is 17.3 Å². The van der Waals surface area contributed by atoms with Gasteiger partial charge in [-0.1, -0.05) is 6.92 Å². The van der Waals surface area contributed by atoms with Crippen molar-refractivity contribution in [3.63, 3.8) is 0 Å². The summed E-state index contributed by atoms with van der Waals surface area (Å²) in [4.78, 5) is 15.6. The van der Waals surface area contributed by atoms with Crippen LogP contribution in [-0.4, -0.2) is 22.7 Å². The average Bonchev–Trinajstić information content (AvgIpc) is 2.88. The largest absolute Gasteiger partial charge is 0.493 e. The lowest BCUT2D eigenvalue weighted by Crippen LogP contribution is -2.07. The molecule has 0 fully saturated rings. The number of hydrogen-bond acceptors (Lipinski definition) is 5. The number of aryl methyl sites for hydroxylation is 1. The SMILES string of the molecule is Cc1nc(-c2ccc(OCC(C)CC#N)cc2)sc1C(=O)O. The number of hydrogen-bond donors (Lipinski definition) is 1. The first-order chi connectivity index (χ1) is 10.5. The summed E-state index contributed by atoms with van der Waals surface area (Å²) >= 11 is 1.16. The van der Waals surface area contributed by atoms with E-state index in [9.17, 15) is 4.79 Å².